The summed E-state index contributed by atoms with van der Waals surface area (Å²) >= 11 is 1.69. The first-order chi connectivity index (χ1) is 16.0. The van der Waals surface area contributed by atoms with Gasteiger partial charge >= 0.3 is 0 Å². The molecule has 1 fully saturated rings. The standard InChI is InChI=1S/C23H32N6O3S/c1-4-6-20-24-16(3)21-23(31)25-22(26-29(20)21)18-15-17(7-8-19(18)32-5-2)33-28-11-9-27(10-12-28)13-14-30/h7-8,15,30H,4-6,9-14H2,1-3H3,(H,25,26,31). The molecule has 10 heteroatoms. The highest BCUT2D eigenvalue weighted by Crippen LogP contribution is 2.34. The summed E-state index contributed by atoms with van der Waals surface area (Å²) in [5.41, 5.74) is 1.74. The number of H-pyrrole nitrogens is 1. The molecule has 3 aromatic rings. The number of aryl methyl sites for hydroxylation is 2. The summed E-state index contributed by atoms with van der Waals surface area (Å²) in [7, 11) is 0. The van der Waals surface area contributed by atoms with Crippen molar-refractivity contribution in [3.8, 4) is 17.1 Å². The smallest absolute Gasteiger partial charge is 0.277 e. The number of fused-ring (bicyclic) bond motifs is 1. The first kappa shape index (κ1) is 23.7. The molecule has 1 saturated heterocycles. The van der Waals surface area contributed by atoms with Crippen LogP contribution in [0, 0.1) is 6.92 Å². The number of aliphatic hydroxyl groups is 1. The molecule has 0 unspecified atom stereocenters. The van der Waals surface area contributed by atoms with Crippen LogP contribution in [0.3, 0.4) is 0 Å². The molecule has 1 aromatic carbocycles. The molecule has 33 heavy (non-hydrogen) atoms. The molecule has 0 spiro atoms. The van der Waals surface area contributed by atoms with Gasteiger partial charge < -0.3 is 14.8 Å². The van der Waals surface area contributed by atoms with Crippen molar-refractivity contribution in [2.45, 2.75) is 38.5 Å². The zero-order valence-corrected chi connectivity index (χ0v) is 20.3. The van der Waals surface area contributed by atoms with Gasteiger partial charge in [0.05, 0.1) is 24.5 Å². The van der Waals surface area contributed by atoms with E-state index < -0.39 is 0 Å². The number of aromatic nitrogens is 4. The summed E-state index contributed by atoms with van der Waals surface area (Å²) in [4.78, 5) is 23.8. The second-order valence-corrected chi connectivity index (χ2v) is 9.27. The SMILES string of the molecule is CCCc1nc(C)c2c(=O)[nH]c(-c3cc(SN4CCN(CCO)CC4)ccc3OCC)nn12. The highest BCUT2D eigenvalue weighted by molar-refractivity contribution is 7.97. The van der Waals surface area contributed by atoms with Gasteiger partial charge in [-0.1, -0.05) is 6.92 Å². The van der Waals surface area contributed by atoms with Crippen LogP contribution in [-0.2, 0) is 6.42 Å². The molecule has 4 rings (SSSR count). The molecule has 1 aliphatic heterocycles. The van der Waals surface area contributed by atoms with E-state index >= 15 is 0 Å². The largest absolute Gasteiger partial charge is 0.493 e. The number of β-amino-alcohol motifs (C(OH)–C–C–N with tert-alkyl or cyclic N) is 1. The number of piperazine rings is 1. The fourth-order valence-electron chi connectivity index (χ4n) is 4.11. The van der Waals surface area contributed by atoms with E-state index in [4.69, 9.17) is 14.9 Å². The number of hydrogen-bond donors (Lipinski definition) is 2. The molecule has 2 aromatic heterocycles. The van der Waals surface area contributed by atoms with Gasteiger partial charge in [0.1, 0.15) is 11.6 Å². The summed E-state index contributed by atoms with van der Waals surface area (Å²) in [5, 5.41) is 13.9. The Labute approximate surface area is 197 Å². The topological polar surface area (TPSA) is 99.0 Å². The summed E-state index contributed by atoms with van der Waals surface area (Å²) < 4.78 is 9.88. The summed E-state index contributed by atoms with van der Waals surface area (Å²) in [5.74, 6) is 1.95. The van der Waals surface area contributed by atoms with E-state index in [-0.39, 0.29) is 12.2 Å². The maximum absolute atomic E-state index is 12.9. The number of nitrogens with zero attached hydrogens (tertiary/aromatic N) is 5. The minimum absolute atomic E-state index is 0.196. The van der Waals surface area contributed by atoms with E-state index in [0.717, 1.165) is 61.8 Å². The van der Waals surface area contributed by atoms with Gasteiger partial charge in [-0.15, -0.1) is 5.10 Å². The van der Waals surface area contributed by atoms with E-state index in [9.17, 15) is 4.79 Å². The molecule has 2 N–H and O–H groups in total. The first-order valence-electron chi connectivity index (χ1n) is 11.6. The second kappa shape index (κ2) is 10.7. The number of aromatic amines is 1. The predicted octanol–water partition coefficient (Wildman–Crippen LogP) is 2.36. The summed E-state index contributed by atoms with van der Waals surface area (Å²) in [6.07, 6.45) is 1.67. The molecular formula is C23H32N6O3S. The highest BCUT2D eigenvalue weighted by Gasteiger charge is 2.20. The first-order valence-corrected chi connectivity index (χ1v) is 12.3. The van der Waals surface area contributed by atoms with Crippen molar-refractivity contribution in [3.63, 3.8) is 0 Å². The Morgan fingerprint density at radius 1 is 1.21 bits per heavy atom. The third kappa shape index (κ3) is 5.24. The molecule has 9 nitrogen and oxygen atoms in total. The van der Waals surface area contributed by atoms with Crippen molar-refractivity contribution in [3.05, 3.63) is 40.1 Å². The number of aliphatic hydroxyl groups excluding tert-OH is 1. The number of ether oxygens (including phenoxy) is 1. The van der Waals surface area contributed by atoms with Gasteiger partial charge in [-0.3, -0.25) is 9.69 Å². The fourth-order valence-corrected chi connectivity index (χ4v) is 5.05. The van der Waals surface area contributed by atoms with Crippen LogP contribution < -0.4 is 10.3 Å². The summed E-state index contributed by atoms with van der Waals surface area (Å²) in [6, 6.07) is 6.02. The van der Waals surface area contributed by atoms with Crippen LogP contribution in [0.2, 0.25) is 0 Å². The molecule has 0 bridgehead atoms. The molecule has 0 radical (unpaired) electrons. The Morgan fingerprint density at radius 3 is 2.70 bits per heavy atom. The average Bonchev–Trinajstić information content (AvgIpc) is 3.12. The molecule has 1 aliphatic rings. The monoisotopic (exact) mass is 472 g/mol. The van der Waals surface area contributed by atoms with E-state index in [1.807, 2.05) is 32.0 Å². The van der Waals surface area contributed by atoms with Crippen molar-refractivity contribution in [1.29, 1.82) is 0 Å². The fraction of sp³-hybridized carbons (Fsp3) is 0.522. The zero-order chi connectivity index (χ0) is 23.4. The van der Waals surface area contributed by atoms with Crippen LogP contribution in [0.1, 0.15) is 31.8 Å². The molecule has 0 atom stereocenters. The van der Waals surface area contributed by atoms with E-state index in [2.05, 4.69) is 26.1 Å². The quantitative estimate of drug-likeness (QED) is 0.458. The van der Waals surface area contributed by atoms with Crippen LogP contribution >= 0.6 is 11.9 Å². The van der Waals surface area contributed by atoms with Gasteiger partial charge in [-0.25, -0.2) is 13.8 Å². The lowest BCUT2D eigenvalue weighted by Gasteiger charge is -2.33. The average molecular weight is 473 g/mol. The van der Waals surface area contributed by atoms with Crippen molar-refractivity contribution in [2.75, 3.05) is 45.9 Å². The number of rotatable bonds is 9. The van der Waals surface area contributed by atoms with Gasteiger partial charge in [0.2, 0.25) is 0 Å². The molecule has 3 heterocycles. The van der Waals surface area contributed by atoms with Crippen LogP contribution in [0.25, 0.3) is 16.9 Å². The van der Waals surface area contributed by atoms with Crippen molar-refractivity contribution in [2.24, 2.45) is 0 Å². The van der Waals surface area contributed by atoms with Crippen molar-refractivity contribution >= 4 is 17.5 Å². The Balaban J connectivity index is 1.67. The molecule has 178 valence electrons. The maximum atomic E-state index is 12.9. The lowest BCUT2D eigenvalue weighted by molar-refractivity contribution is 0.156. The minimum Gasteiger partial charge on any atom is -0.493 e. The Morgan fingerprint density at radius 2 is 2.00 bits per heavy atom. The molecule has 0 saturated carbocycles. The number of imidazole rings is 1. The molecule has 0 amide bonds. The van der Waals surface area contributed by atoms with Crippen LogP contribution in [0.5, 0.6) is 5.75 Å². The van der Waals surface area contributed by atoms with Gasteiger partial charge in [0.25, 0.3) is 5.56 Å². The van der Waals surface area contributed by atoms with E-state index in [0.29, 0.717) is 29.4 Å². The Bertz CT molecular complexity index is 1150. The van der Waals surface area contributed by atoms with Crippen LogP contribution in [0.4, 0.5) is 0 Å². The van der Waals surface area contributed by atoms with Crippen LogP contribution in [0.15, 0.2) is 27.9 Å². The highest BCUT2D eigenvalue weighted by atomic mass is 32.2. The second-order valence-electron chi connectivity index (χ2n) is 8.10. The normalized spacial score (nSPS) is 15.4. The van der Waals surface area contributed by atoms with E-state index in [1.165, 1.54) is 0 Å². The van der Waals surface area contributed by atoms with Gasteiger partial charge in [0, 0.05) is 44.0 Å². The zero-order valence-electron chi connectivity index (χ0n) is 19.5. The number of hydrogen-bond acceptors (Lipinski definition) is 8. The van der Waals surface area contributed by atoms with Crippen molar-refractivity contribution < 1.29 is 9.84 Å². The minimum atomic E-state index is -0.201. The Kier molecular flexibility index (Phi) is 7.69. The third-order valence-electron chi connectivity index (χ3n) is 5.70. The van der Waals surface area contributed by atoms with Gasteiger partial charge in [0.15, 0.2) is 11.3 Å². The van der Waals surface area contributed by atoms with Crippen LogP contribution in [-0.4, -0.2) is 79.8 Å². The number of benzene rings is 1. The van der Waals surface area contributed by atoms with Crippen molar-refractivity contribution in [1.82, 2.24) is 28.8 Å². The van der Waals surface area contributed by atoms with Gasteiger partial charge in [-0.05, 0) is 50.4 Å². The molecular weight excluding hydrogens is 440 g/mol. The van der Waals surface area contributed by atoms with E-state index in [1.54, 1.807) is 16.5 Å². The summed E-state index contributed by atoms with van der Waals surface area (Å²) in [6.45, 7) is 11.0. The number of nitrogens with one attached hydrogen (secondary N) is 1. The molecule has 0 aliphatic carbocycles. The lowest BCUT2D eigenvalue weighted by atomic mass is 10.2. The van der Waals surface area contributed by atoms with Gasteiger partial charge in [-0.2, -0.15) is 0 Å². The predicted molar refractivity (Wildman–Crippen MR) is 130 cm³/mol. The maximum Gasteiger partial charge on any atom is 0.277 e. The Hall–Kier alpha value is -2.40. The third-order valence-corrected chi connectivity index (χ3v) is 6.79. The lowest BCUT2D eigenvalue weighted by Crippen LogP contribution is -2.44.